The number of ether oxygens (including phenoxy) is 2. The van der Waals surface area contributed by atoms with Crippen LogP contribution in [0, 0.1) is 5.92 Å². The highest BCUT2D eigenvalue weighted by Gasteiger charge is 2.48. The van der Waals surface area contributed by atoms with E-state index in [2.05, 4.69) is 0 Å². The van der Waals surface area contributed by atoms with Crippen LogP contribution < -0.4 is 9.47 Å². The van der Waals surface area contributed by atoms with Gasteiger partial charge in [0.25, 0.3) is 0 Å². The maximum Gasteiger partial charge on any atom is 0.200 e. The van der Waals surface area contributed by atoms with Gasteiger partial charge in [0.1, 0.15) is 11.5 Å². The molecule has 0 aromatic heterocycles. The van der Waals surface area contributed by atoms with Gasteiger partial charge >= 0.3 is 0 Å². The minimum Gasteiger partial charge on any atom is -0.497 e. The fraction of sp³-hybridized carbons (Fsp3) is 0.467. The largest absolute Gasteiger partial charge is 0.497 e. The summed E-state index contributed by atoms with van der Waals surface area (Å²) >= 11 is 1.14. The van der Waals surface area contributed by atoms with E-state index in [1.54, 1.807) is 27.2 Å². The lowest BCUT2D eigenvalue weighted by molar-refractivity contribution is -0.127. The highest BCUT2D eigenvalue weighted by Crippen LogP contribution is 2.42. The van der Waals surface area contributed by atoms with Crippen LogP contribution in [0.15, 0.2) is 18.2 Å². The molecule has 1 aliphatic rings. The van der Waals surface area contributed by atoms with Crippen LogP contribution in [0.3, 0.4) is 0 Å². The Morgan fingerprint density at radius 1 is 1.15 bits per heavy atom. The third-order valence-corrected chi connectivity index (χ3v) is 4.90. The molecule has 0 amide bonds. The Labute approximate surface area is 122 Å². The molecule has 0 saturated carbocycles. The van der Waals surface area contributed by atoms with Crippen molar-refractivity contribution in [1.29, 1.82) is 0 Å². The Morgan fingerprint density at radius 2 is 1.70 bits per heavy atom. The number of benzene rings is 1. The van der Waals surface area contributed by atoms with E-state index in [0.29, 0.717) is 17.9 Å². The predicted molar refractivity (Wildman–Crippen MR) is 78.4 cm³/mol. The lowest BCUT2D eigenvalue weighted by Gasteiger charge is -2.21. The van der Waals surface area contributed by atoms with Crippen molar-refractivity contribution >= 4 is 22.7 Å². The van der Waals surface area contributed by atoms with E-state index in [9.17, 15) is 9.59 Å². The first-order chi connectivity index (χ1) is 9.39. The van der Waals surface area contributed by atoms with E-state index in [-0.39, 0.29) is 10.9 Å². The molecule has 1 aromatic carbocycles. The topological polar surface area (TPSA) is 52.6 Å². The summed E-state index contributed by atoms with van der Waals surface area (Å²) in [4.78, 5) is 24.0. The van der Waals surface area contributed by atoms with Gasteiger partial charge in [0.15, 0.2) is 10.9 Å². The molecule has 0 spiro atoms. The summed E-state index contributed by atoms with van der Waals surface area (Å²) in [5, 5.41) is -0.0487. The first-order valence-corrected chi connectivity index (χ1v) is 7.20. The molecule has 0 bridgehead atoms. The van der Waals surface area contributed by atoms with Crippen LogP contribution in [0.4, 0.5) is 0 Å². The molecule has 4 nitrogen and oxygen atoms in total. The number of carbonyl (C=O) groups is 2. The monoisotopic (exact) mass is 294 g/mol. The summed E-state index contributed by atoms with van der Waals surface area (Å²) in [5.74, 6) is 0.835. The van der Waals surface area contributed by atoms with Gasteiger partial charge in [-0.25, -0.2) is 0 Å². The molecule has 1 heterocycles. The Hall–Kier alpha value is -1.49. The highest BCUT2D eigenvalue weighted by atomic mass is 32.2. The van der Waals surface area contributed by atoms with E-state index < -0.39 is 10.7 Å². The van der Waals surface area contributed by atoms with Crippen LogP contribution in [-0.4, -0.2) is 29.9 Å². The number of rotatable bonds is 4. The van der Waals surface area contributed by atoms with Crippen molar-refractivity contribution in [3.05, 3.63) is 23.8 Å². The number of thioether (sulfide) groups is 1. The van der Waals surface area contributed by atoms with Crippen molar-refractivity contribution in [3.8, 4) is 11.5 Å². The molecular weight excluding hydrogens is 276 g/mol. The van der Waals surface area contributed by atoms with Crippen molar-refractivity contribution in [2.75, 3.05) is 14.2 Å². The van der Waals surface area contributed by atoms with Crippen molar-refractivity contribution in [2.45, 2.75) is 25.0 Å². The zero-order valence-electron chi connectivity index (χ0n) is 12.1. The second kappa shape index (κ2) is 5.48. The minimum atomic E-state index is -0.701. The first kappa shape index (κ1) is 14.9. The van der Waals surface area contributed by atoms with Crippen LogP contribution in [0.2, 0.25) is 0 Å². The summed E-state index contributed by atoms with van der Waals surface area (Å²) in [6.07, 6.45) is 0.486. The zero-order chi connectivity index (χ0) is 14.9. The molecule has 1 fully saturated rings. The van der Waals surface area contributed by atoms with Gasteiger partial charge < -0.3 is 9.47 Å². The molecule has 1 aromatic rings. The summed E-state index contributed by atoms with van der Waals surface area (Å²) in [7, 11) is 3.17. The highest BCUT2D eigenvalue weighted by molar-refractivity contribution is 8.16. The van der Waals surface area contributed by atoms with Gasteiger partial charge in [-0.05, 0) is 38.0 Å². The number of hydrogen-bond donors (Lipinski definition) is 0. The van der Waals surface area contributed by atoms with Crippen LogP contribution >= 0.6 is 11.8 Å². The van der Waals surface area contributed by atoms with Crippen molar-refractivity contribution in [2.24, 2.45) is 5.92 Å². The summed E-state index contributed by atoms with van der Waals surface area (Å²) in [5.41, 5.74) is 0.923. The Bertz CT molecular complexity index is 533. The van der Waals surface area contributed by atoms with Crippen LogP contribution in [0.1, 0.15) is 19.4 Å². The van der Waals surface area contributed by atoms with Gasteiger partial charge in [0, 0.05) is 6.07 Å². The van der Waals surface area contributed by atoms with E-state index >= 15 is 0 Å². The Kier molecular flexibility index (Phi) is 4.09. The standard InChI is InChI=1S/C15H18O4S/c1-9-13(16)15(2,20-14(9)17)8-10-5-11(18-3)7-12(6-10)19-4/h5-7,9H,8H2,1-4H3. The summed E-state index contributed by atoms with van der Waals surface area (Å²) in [6.45, 7) is 3.50. The molecule has 1 aliphatic heterocycles. The Balaban J connectivity index is 2.30. The average Bonchev–Trinajstić information content (AvgIpc) is 2.62. The van der Waals surface area contributed by atoms with Gasteiger partial charge in [-0.15, -0.1) is 0 Å². The lowest BCUT2D eigenvalue weighted by Crippen LogP contribution is -2.32. The fourth-order valence-corrected chi connectivity index (χ4v) is 3.65. The fourth-order valence-electron chi connectivity index (χ4n) is 2.41. The Morgan fingerprint density at radius 3 is 2.10 bits per heavy atom. The van der Waals surface area contributed by atoms with Crippen LogP contribution in [0.25, 0.3) is 0 Å². The molecule has 2 unspecified atom stereocenters. The first-order valence-electron chi connectivity index (χ1n) is 6.39. The van der Waals surface area contributed by atoms with Gasteiger partial charge in [-0.2, -0.15) is 0 Å². The average molecular weight is 294 g/mol. The second-order valence-corrected chi connectivity index (χ2v) is 6.64. The maximum atomic E-state index is 12.2. The molecule has 5 heteroatoms. The third-order valence-electron chi connectivity index (χ3n) is 3.55. The molecular formula is C15H18O4S. The third kappa shape index (κ3) is 2.68. The smallest absolute Gasteiger partial charge is 0.200 e. The van der Waals surface area contributed by atoms with Crippen molar-refractivity contribution < 1.29 is 19.1 Å². The molecule has 20 heavy (non-hydrogen) atoms. The van der Waals surface area contributed by atoms with Gasteiger partial charge in [-0.1, -0.05) is 11.8 Å². The minimum absolute atomic E-state index is 0.00529. The van der Waals surface area contributed by atoms with Gasteiger partial charge in [-0.3, -0.25) is 9.59 Å². The lowest BCUT2D eigenvalue weighted by atomic mass is 9.90. The molecule has 0 aliphatic carbocycles. The van der Waals surface area contributed by atoms with E-state index in [1.165, 1.54) is 0 Å². The molecule has 1 saturated heterocycles. The summed E-state index contributed by atoms with van der Waals surface area (Å²) in [6, 6.07) is 5.52. The van der Waals surface area contributed by atoms with E-state index in [0.717, 1.165) is 17.3 Å². The number of Topliss-reactive ketones (excluding diaryl/α,β-unsaturated/α-hetero) is 1. The van der Waals surface area contributed by atoms with Crippen molar-refractivity contribution in [3.63, 3.8) is 0 Å². The molecule has 0 N–H and O–H groups in total. The number of carbonyl (C=O) groups excluding carboxylic acids is 2. The zero-order valence-corrected chi connectivity index (χ0v) is 12.9. The van der Waals surface area contributed by atoms with E-state index in [4.69, 9.17) is 9.47 Å². The predicted octanol–water partition coefficient (Wildman–Crippen LogP) is 2.48. The van der Waals surface area contributed by atoms with Crippen LogP contribution in [-0.2, 0) is 16.0 Å². The number of ketones is 1. The van der Waals surface area contributed by atoms with Crippen LogP contribution in [0.5, 0.6) is 11.5 Å². The summed E-state index contributed by atoms with van der Waals surface area (Å²) < 4.78 is 9.75. The normalized spacial score (nSPS) is 25.9. The van der Waals surface area contributed by atoms with Crippen molar-refractivity contribution in [1.82, 2.24) is 0 Å². The van der Waals surface area contributed by atoms with Gasteiger partial charge in [0.05, 0.1) is 24.9 Å². The molecule has 2 atom stereocenters. The maximum absolute atomic E-state index is 12.2. The van der Waals surface area contributed by atoms with Gasteiger partial charge in [0.2, 0.25) is 0 Å². The molecule has 2 rings (SSSR count). The quantitative estimate of drug-likeness (QED) is 0.799. The second-order valence-electron chi connectivity index (χ2n) is 5.14. The molecule has 0 radical (unpaired) electrons. The molecule has 108 valence electrons. The number of hydrogen-bond acceptors (Lipinski definition) is 5. The van der Waals surface area contributed by atoms with E-state index in [1.807, 2.05) is 19.1 Å². The SMILES string of the molecule is COc1cc(CC2(C)SC(=O)C(C)C2=O)cc(OC)c1. The number of methoxy groups -OCH3 is 2.